The Morgan fingerprint density at radius 2 is 1.67 bits per heavy atom. The summed E-state index contributed by atoms with van der Waals surface area (Å²) in [5.74, 6) is 0.314. The first-order valence-corrected chi connectivity index (χ1v) is 11.0. The number of likely N-dealkylation sites (tertiary alicyclic amines) is 1. The summed E-state index contributed by atoms with van der Waals surface area (Å²) in [6, 6.07) is 17.7. The number of rotatable bonds is 6. The Hall–Kier alpha value is -2.89. The number of nitro benzene ring substituents is 1. The van der Waals surface area contributed by atoms with E-state index in [-0.39, 0.29) is 22.4 Å². The lowest BCUT2D eigenvalue weighted by molar-refractivity contribution is -0.384. The molecule has 0 aromatic heterocycles. The number of piperidine rings is 1. The number of nitrogens with zero attached hydrogens (tertiary/aromatic N) is 3. The molecule has 0 spiro atoms. The Balaban J connectivity index is 1.34. The Kier molecular flexibility index (Phi) is 6.31. The van der Waals surface area contributed by atoms with Gasteiger partial charge in [0.05, 0.1) is 4.92 Å². The van der Waals surface area contributed by atoms with Crippen LogP contribution in [-0.2, 0) is 11.2 Å². The lowest BCUT2D eigenvalue weighted by Gasteiger charge is -2.35. The third-order valence-electron chi connectivity index (χ3n) is 6.53. The van der Waals surface area contributed by atoms with Crippen LogP contribution in [0.4, 0.5) is 11.4 Å². The van der Waals surface area contributed by atoms with Crippen molar-refractivity contribution in [3.63, 3.8) is 0 Å². The number of carbonyl (C=O) groups excluding carboxylic acids is 1. The van der Waals surface area contributed by atoms with Crippen molar-refractivity contribution >= 4 is 17.3 Å². The number of para-hydroxylation sites is 2. The normalized spacial score (nSPS) is 19.8. The van der Waals surface area contributed by atoms with Crippen LogP contribution in [0, 0.1) is 16.0 Å². The summed E-state index contributed by atoms with van der Waals surface area (Å²) in [5, 5.41) is 11.3. The molecule has 2 aromatic rings. The molecule has 0 radical (unpaired) electrons. The summed E-state index contributed by atoms with van der Waals surface area (Å²) in [5.41, 5.74) is 2.13. The van der Waals surface area contributed by atoms with Gasteiger partial charge in [-0.1, -0.05) is 42.5 Å². The highest BCUT2D eigenvalue weighted by atomic mass is 16.6. The van der Waals surface area contributed by atoms with Crippen LogP contribution in [0.15, 0.2) is 54.6 Å². The Labute approximate surface area is 177 Å². The maximum Gasteiger partial charge on any atom is 0.292 e. The zero-order valence-corrected chi connectivity index (χ0v) is 17.3. The molecule has 0 N–H and O–H groups in total. The molecule has 158 valence electrons. The first-order chi connectivity index (χ1) is 14.6. The highest BCUT2D eigenvalue weighted by molar-refractivity contribution is 5.80. The van der Waals surface area contributed by atoms with Gasteiger partial charge in [0.2, 0.25) is 5.91 Å². The molecule has 0 saturated carbocycles. The maximum atomic E-state index is 13.2. The first-order valence-electron chi connectivity index (χ1n) is 11.0. The van der Waals surface area contributed by atoms with Gasteiger partial charge in [-0.3, -0.25) is 14.9 Å². The molecular weight excluding hydrogens is 378 g/mol. The standard InChI is InChI=1S/C24H29N3O3/c28-24(26-16-6-9-21(26)13-12-19-7-2-1-3-8-19)20-14-17-25(18-15-20)22-10-4-5-11-23(22)27(29)30/h1-5,7-8,10-11,20-21H,6,9,12-18H2. The van der Waals surface area contributed by atoms with Crippen LogP contribution in [0.25, 0.3) is 0 Å². The van der Waals surface area contributed by atoms with Gasteiger partial charge >= 0.3 is 0 Å². The molecule has 1 atom stereocenters. The number of nitro groups is 1. The number of benzene rings is 2. The van der Waals surface area contributed by atoms with Gasteiger partial charge in [-0.05, 0) is 50.2 Å². The summed E-state index contributed by atoms with van der Waals surface area (Å²) in [6.45, 7) is 2.23. The van der Waals surface area contributed by atoms with E-state index in [4.69, 9.17) is 0 Å². The molecule has 0 bridgehead atoms. The maximum absolute atomic E-state index is 13.2. The predicted molar refractivity (Wildman–Crippen MR) is 118 cm³/mol. The second-order valence-corrected chi connectivity index (χ2v) is 8.36. The van der Waals surface area contributed by atoms with Gasteiger partial charge in [-0.2, -0.15) is 0 Å². The van der Waals surface area contributed by atoms with E-state index in [0.717, 1.165) is 45.1 Å². The van der Waals surface area contributed by atoms with E-state index in [1.807, 2.05) is 12.1 Å². The third-order valence-corrected chi connectivity index (χ3v) is 6.53. The molecule has 2 heterocycles. The van der Waals surface area contributed by atoms with Crippen molar-refractivity contribution in [1.82, 2.24) is 4.90 Å². The molecular formula is C24H29N3O3. The average molecular weight is 408 g/mol. The molecule has 2 fully saturated rings. The van der Waals surface area contributed by atoms with Crippen molar-refractivity contribution in [2.75, 3.05) is 24.5 Å². The zero-order valence-electron chi connectivity index (χ0n) is 17.3. The molecule has 1 unspecified atom stereocenters. The summed E-state index contributed by atoms with van der Waals surface area (Å²) >= 11 is 0. The van der Waals surface area contributed by atoms with Crippen molar-refractivity contribution in [2.24, 2.45) is 5.92 Å². The average Bonchev–Trinajstić information content (AvgIpc) is 3.26. The van der Waals surface area contributed by atoms with E-state index in [9.17, 15) is 14.9 Å². The molecule has 30 heavy (non-hydrogen) atoms. The molecule has 6 nitrogen and oxygen atoms in total. The van der Waals surface area contributed by atoms with Gasteiger partial charge in [-0.25, -0.2) is 0 Å². The van der Waals surface area contributed by atoms with Crippen molar-refractivity contribution < 1.29 is 9.72 Å². The predicted octanol–water partition coefficient (Wildman–Crippen LogP) is 4.44. The minimum Gasteiger partial charge on any atom is -0.366 e. The van der Waals surface area contributed by atoms with Crippen molar-refractivity contribution in [2.45, 2.75) is 44.6 Å². The second kappa shape index (κ2) is 9.28. The lowest BCUT2D eigenvalue weighted by atomic mass is 9.94. The molecule has 6 heteroatoms. The lowest BCUT2D eigenvalue weighted by Crippen LogP contribution is -2.44. The summed E-state index contributed by atoms with van der Waals surface area (Å²) in [7, 11) is 0. The van der Waals surface area contributed by atoms with Crippen LogP contribution in [-0.4, -0.2) is 41.4 Å². The quantitative estimate of drug-likeness (QED) is 0.525. The molecule has 2 saturated heterocycles. The SMILES string of the molecule is O=C(C1CCN(c2ccccc2[N+](=O)[O-])CC1)N1CCCC1CCc1ccccc1. The van der Waals surface area contributed by atoms with Crippen LogP contribution in [0.1, 0.15) is 37.7 Å². The van der Waals surface area contributed by atoms with E-state index < -0.39 is 0 Å². The molecule has 2 aromatic carbocycles. The van der Waals surface area contributed by atoms with Gasteiger partial charge < -0.3 is 9.80 Å². The highest BCUT2D eigenvalue weighted by Crippen LogP contribution is 2.33. The molecule has 1 amide bonds. The van der Waals surface area contributed by atoms with Crippen molar-refractivity contribution in [1.29, 1.82) is 0 Å². The van der Waals surface area contributed by atoms with Crippen LogP contribution < -0.4 is 4.90 Å². The van der Waals surface area contributed by atoms with Crippen molar-refractivity contribution in [3.05, 3.63) is 70.3 Å². The van der Waals surface area contributed by atoms with E-state index in [2.05, 4.69) is 34.1 Å². The Morgan fingerprint density at radius 3 is 2.40 bits per heavy atom. The number of aryl methyl sites for hydroxylation is 1. The summed E-state index contributed by atoms with van der Waals surface area (Å²) in [6.07, 6.45) is 5.71. The zero-order chi connectivity index (χ0) is 20.9. The van der Waals surface area contributed by atoms with E-state index in [0.29, 0.717) is 24.8 Å². The number of anilines is 1. The van der Waals surface area contributed by atoms with E-state index in [1.54, 1.807) is 18.2 Å². The van der Waals surface area contributed by atoms with Crippen molar-refractivity contribution in [3.8, 4) is 0 Å². The Morgan fingerprint density at radius 1 is 0.967 bits per heavy atom. The van der Waals surface area contributed by atoms with Gasteiger partial charge in [-0.15, -0.1) is 0 Å². The number of amides is 1. The first kappa shape index (κ1) is 20.4. The minimum absolute atomic E-state index is 0.0290. The van der Waals surface area contributed by atoms with Crippen LogP contribution in [0.3, 0.4) is 0 Å². The fourth-order valence-corrected chi connectivity index (χ4v) is 4.89. The van der Waals surface area contributed by atoms with Gasteiger partial charge in [0.15, 0.2) is 0 Å². The van der Waals surface area contributed by atoms with Gasteiger partial charge in [0, 0.05) is 37.7 Å². The molecule has 2 aliphatic heterocycles. The number of hydrogen-bond donors (Lipinski definition) is 0. The fraction of sp³-hybridized carbons (Fsp3) is 0.458. The highest BCUT2D eigenvalue weighted by Gasteiger charge is 2.35. The third kappa shape index (κ3) is 4.48. The Bertz CT molecular complexity index is 878. The molecule has 4 rings (SSSR count). The summed E-state index contributed by atoms with van der Waals surface area (Å²) < 4.78 is 0. The minimum atomic E-state index is -0.325. The summed E-state index contributed by atoms with van der Waals surface area (Å²) in [4.78, 5) is 28.4. The molecule has 0 aliphatic carbocycles. The van der Waals surface area contributed by atoms with E-state index in [1.165, 1.54) is 5.56 Å². The van der Waals surface area contributed by atoms with Crippen LogP contribution in [0.2, 0.25) is 0 Å². The largest absolute Gasteiger partial charge is 0.366 e. The number of hydrogen-bond acceptors (Lipinski definition) is 4. The van der Waals surface area contributed by atoms with Crippen LogP contribution >= 0.6 is 0 Å². The monoisotopic (exact) mass is 407 g/mol. The topological polar surface area (TPSA) is 66.7 Å². The van der Waals surface area contributed by atoms with Crippen LogP contribution in [0.5, 0.6) is 0 Å². The van der Waals surface area contributed by atoms with Gasteiger partial charge in [0.25, 0.3) is 5.69 Å². The second-order valence-electron chi connectivity index (χ2n) is 8.36. The fourth-order valence-electron chi connectivity index (χ4n) is 4.89. The van der Waals surface area contributed by atoms with E-state index >= 15 is 0 Å². The number of carbonyl (C=O) groups is 1. The molecule has 2 aliphatic rings. The van der Waals surface area contributed by atoms with Gasteiger partial charge in [0.1, 0.15) is 5.69 Å². The smallest absolute Gasteiger partial charge is 0.292 e.